The maximum atomic E-state index is 13.8. The topological polar surface area (TPSA) is 185 Å². The number of aryl methyl sites for hydroxylation is 1. The summed E-state index contributed by atoms with van der Waals surface area (Å²) in [6.07, 6.45) is -1.22. The van der Waals surface area contributed by atoms with Crippen LogP contribution in [-0.4, -0.2) is 138 Å². The minimum Gasteiger partial charge on any atom is -0.496 e. The zero-order chi connectivity index (χ0) is 52.7. The van der Waals surface area contributed by atoms with Crippen LogP contribution in [0.25, 0.3) is 22.0 Å². The number of aromatic nitrogens is 2. The molecule has 0 atom stereocenters. The van der Waals surface area contributed by atoms with E-state index in [9.17, 15) is 32.3 Å². The average Bonchev–Trinajstić information content (AvgIpc) is 3.73. The van der Waals surface area contributed by atoms with Crippen LogP contribution >= 0.6 is 0 Å². The van der Waals surface area contributed by atoms with E-state index in [1.807, 2.05) is 13.0 Å². The van der Waals surface area contributed by atoms with Crippen molar-refractivity contribution in [2.75, 3.05) is 105 Å². The molecule has 0 aliphatic carbocycles. The molecule has 5 aromatic rings. The number of pyridine rings is 1. The summed E-state index contributed by atoms with van der Waals surface area (Å²) in [6.45, 7) is 5.50. The van der Waals surface area contributed by atoms with E-state index in [0.717, 1.165) is 16.7 Å². The molecule has 73 heavy (non-hydrogen) atoms. The predicted octanol–water partition coefficient (Wildman–Crippen LogP) is 6.31. The molecule has 0 unspecified atom stereocenters. The van der Waals surface area contributed by atoms with E-state index < -0.39 is 18.6 Å². The number of ether oxygens (including phenoxy) is 6. The molecule has 1 fully saturated rings. The average molecular weight is 1020 g/mol. The van der Waals surface area contributed by atoms with Crippen molar-refractivity contribution >= 4 is 40.0 Å². The van der Waals surface area contributed by atoms with E-state index in [0.29, 0.717) is 103 Å². The van der Waals surface area contributed by atoms with Gasteiger partial charge in [-0.05, 0) is 92.3 Å². The standard InChI is InChI=1S/C53H64F3N7O10/c1-34-35(2)52(67)61(4)32-41(34)37-29-46(69-6)49(47(30-37)70-7)51(66)59-19-23-72-25-27-73-26-24-71-22-17-48(64)62-20-15-38(16-21-62)60-42-11-8-12-44-40(42)31-39(63(44)33-53(54,55)56)10-9-18-58-43-14-13-36(50(65)57-3)28-45(43)68-5/h8,11-14,28-32,38,58,60H,15-27,33H2,1-7H3,(H,57,65)(H,59,66). The van der Waals surface area contributed by atoms with Gasteiger partial charge in [0.1, 0.15) is 29.4 Å². The first-order chi connectivity index (χ1) is 35.1. The first kappa shape index (κ1) is 55.1. The molecule has 3 amide bonds. The Hall–Kier alpha value is -7.21. The number of halogens is 3. The Bertz CT molecular complexity index is 2840. The first-order valence-corrected chi connectivity index (χ1v) is 23.9. The number of carbonyl (C=O) groups is 3. The van der Waals surface area contributed by atoms with Crippen LogP contribution in [-0.2, 0) is 32.6 Å². The van der Waals surface area contributed by atoms with Crippen LogP contribution in [0.5, 0.6) is 17.2 Å². The number of piperidine rings is 1. The van der Waals surface area contributed by atoms with Crippen molar-refractivity contribution in [3.05, 3.63) is 99.1 Å². The first-order valence-electron chi connectivity index (χ1n) is 23.9. The zero-order valence-corrected chi connectivity index (χ0v) is 42.3. The number of hydrogen-bond donors (Lipinski definition) is 4. The number of nitrogens with one attached hydrogen (secondary N) is 4. The summed E-state index contributed by atoms with van der Waals surface area (Å²) in [4.78, 5) is 52.5. The van der Waals surface area contributed by atoms with Crippen LogP contribution < -0.4 is 41.0 Å². The van der Waals surface area contributed by atoms with Gasteiger partial charge in [0, 0.05) is 73.7 Å². The van der Waals surface area contributed by atoms with Gasteiger partial charge in [0.25, 0.3) is 17.4 Å². The molecule has 0 bridgehead atoms. The second kappa shape index (κ2) is 26.0. The van der Waals surface area contributed by atoms with Crippen molar-refractivity contribution < 1.29 is 56.0 Å². The number of benzene rings is 3. The summed E-state index contributed by atoms with van der Waals surface area (Å²) in [5, 5.41) is 12.6. The SMILES string of the molecule is CNC(=O)c1ccc(NCC#Cc2cc3c(NC4CCN(C(=O)CCOCCOCCOCCNC(=O)c5c(OC)cc(-c6cn(C)c(=O)c(C)c6C)cc5OC)CC4)cccc3n2CC(F)(F)F)c(OC)c1. The van der Waals surface area contributed by atoms with E-state index in [1.165, 1.54) is 37.5 Å². The Morgan fingerprint density at radius 2 is 1.45 bits per heavy atom. The Morgan fingerprint density at radius 1 is 0.795 bits per heavy atom. The van der Waals surface area contributed by atoms with Crippen molar-refractivity contribution in [3.63, 3.8) is 0 Å². The highest BCUT2D eigenvalue weighted by molar-refractivity contribution is 6.01. The molecule has 4 N–H and O–H groups in total. The fourth-order valence-corrected chi connectivity index (χ4v) is 8.50. The number of alkyl halides is 3. The Morgan fingerprint density at radius 3 is 2.10 bits per heavy atom. The number of fused-ring (bicyclic) bond motifs is 1. The maximum Gasteiger partial charge on any atom is 0.406 e. The molecule has 3 aromatic carbocycles. The highest BCUT2D eigenvalue weighted by Gasteiger charge is 2.30. The maximum absolute atomic E-state index is 13.8. The van der Waals surface area contributed by atoms with Crippen LogP contribution in [0.15, 0.2) is 65.6 Å². The number of nitrogens with zero attached hydrogens (tertiary/aromatic N) is 3. The number of methoxy groups -OCH3 is 3. The molecule has 392 valence electrons. The van der Waals surface area contributed by atoms with Gasteiger partial charge in [-0.3, -0.25) is 19.2 Å². The lowest BCUT2D eigenvalue weighted by Crippen LogP contribution is -2.42. The van der Waals surface area contributed by atoms with Gasteiger partial charge in [0.15, 0.2) is 0 Å². The smallest absolute Gasteiger partial charge is 0.406 e. The minimum absolute atomic E-state index is 0.00740. The summed E-state index contributed by atoms with van der Waals surface area (Å²) >= 11 is 0. The molecule has 0 radical (unpaired) electrons. The largest absolute Gasteiger partial charge is 0.496 e. The van der Waals surface area contributed by atoms with E-state index in [-0.39, 0.29) is 67.4 Å². The third-order valence-corrected chi connectivity index (χ3v) is 12.5. The van der Waals surface area contributed by atoms with Crippen LogP contribution in [0.1, 0.15) is 56.8 Å². The van der Waals surface area contributed by atoms with Crippen LogP contribution in [0.3, 0.4) is 0 Å². The quantitative estimate of drug-likeness (QED) is 0.0423. The zero-order valence-electron chi connectivity index (χ0n) is 42.3. The fraction of sp³-hybridized carbons (Fsp3) is 0.434. The van der Waals surface area contributed by atoms with Crippen molar-refractivity contribution in [1.29, 1.82) is 0 Å². The Labute approximate surface area is 422 Å². The van der Waals surface area contributed by atoms with E-state index in [4.69, 9.17) is 28.4 Å². The summed E-state index contributed by atoms with van der Waals surface area (Å²) in [6, 6.07) is 15.2. The molecule has 1 aliphatic heterocycles. The normalized spacial score (nSPS) is 12.8. The van der Waals surface area contributed by atoms with Gasteiger partial charge in [-0.25, -0.2) is 0 Å². The number of rotatable bonds is 23. The number of amides is 3. The summed E-state index contributed by atoms with van der Waals surface area (Å²) in [5.41, 5.74) is 5.44. The molecule has 2 aromatic heterocycles. The second-order valence-electron chi connectivity index (χ2n) is 17.2. The lowest BCUT2D eigenvalue weighted by molar-refractivity contribution is -0.140. The van der Waals surface area contributed by atoms with E-state index in [1.54, 1.807) is 73.6 Å². The summed E-state index contributed by atoms with van der Waals surface area (Å²) in [7, 11) is 7.64. The second-order valence-corrected chi connectivity index (χ2v) is 17.2. The third-order valence-electron chi connectivity index (χ3n) is 12.5. The van der Waals surface area contributed by atoms with Crippen LogP contribution in [0, 0.1) is 25.7 Å². The van der Waals surface area contributed by atoms with Gasteiger partial charge in [-0.2, -0.15) is 13.2 Å². The van der Waals surface area contributed by atoms with Gasteiger partial charge < -0.3 is 63.7 Å². The fourth-order valence-electron chi connectivity index (χ4n) is 8.50. The molecule has 6 rings (SSSR count). The van der Waals surface area contributed by atoms with Crippen molar-refractivity contribution in [3.8, 4) is 40.2 Å². The van der Waals surface area contributed by atoms with E-state index in [2.05, 4.69) is 33.1 Å². The van der Waals surface area contributed by atoms with Gasteiger partial charge in [-0.1, -0.05) is 12.0 Å². The lowest BCUT2D eigenvalue weighted by atomic mass is 9.97. The highest BCUT2D eigenvalue weighted by Crippen LogP contribution is 2.37. The molecular formula is C53H64F3N7O10. The molecule has 17 nitrogen and oxygen atoms in total. The number of hydrogen-bond acceptors (Lipinski definition) is 12. The van der Waals surface area contributed by atoms with Crippen LogP contribution in [0.4, 0.5) is 24.5 Å². The Kier molecular flexibility index (Phi) is 19.6. The molecule has 1 aliphatic rings. The van der Waals surface area contributed by atoms with Crippen LogP contribution in [0.2, 0.25) is 0 Å². The highest BCUT2D eigenvalue weighted by atomic mass is 19.4. The molecule has 20 heteroatoms. The predicted molar refractivity (Wildman–Crippen MR) is 272 cm³/mol. The third kappa shape index (κ3) is 14.5. The van der Waals surface area contributed by atoms with Crippen molar-refractivity contribution in [2.24, 2.45) is 7.05 Å². The summed E-state index contributed by atoms with van der Waals surface area (Å²) in [5.74, 6) is 6.21. The summed E-state index contributed by atoms with van der Waals surface area (Å²) < 4.78 is 77.7. The molecule has 0 saturated carbocycles. The molecule has 0 spiro atoms. The van der Waals surface area contributed by atoms with Crippen molar-refractivity contribution in [1.82, 2.24) is 24.7 Å². The van der Waals surface area contributed by atoms with Gasteiger partial charge in [0.05, 0.1) is 90.8 Å². The molecule has 3 heterocycles. The lowest BCUT2D eigenvalue weighted by Gasteiger charge is -2.33. The molecular weight excluding hydrogens is 952 g/mol. The van der Waals surface area contributed by atoms with E-state index >= 15 is 0 Å². The van der Waals surface area contributed by atoms with Crippen molar-refractivity contribution in [2.45, 2.75) is 51.9 Å². The minimum atomic E-state index is -4.48. The number of anilines is 2. The number of likely N-dealkylation sites (tertiary alicyclic amines) is 1. The number of carbonyl (C=O) groups excluding carboxylic acids is 3. The van der Waals surface area contributed by atoms with Gasteiger partial charge in [-0.15, -0.1) is 0 Å². The Balaban J connectivity index is 0.875. The molecule has 1 saturated heterocycles. The monoisotopic (exact) mass is 1020 g/mol. The van der Waals surface area contributed by atoms with Gasteiger partial charge in [0.2, 0.25) is 5.91 Å². The van der Waals surface area contributed by atoms with Gasteiger partial charge >= 0.3 is 6.18 Å².